The van der Waals surface area contributed by atoms with Crippen molar-refractivity contribution in [1.82, 2.24) is 4.90 Å². The van der Waals surface area contributed by atoms with Crippen LogP contribution >= 0.6 is 0 Å². The number of anilines is 1. The number of hydrogen-bond donors (Lipinski definition) is 1. The van der Waals surface area contributed by atoms with Crippen molar-refractivity contribution in [2.75, 3.05) is 19.5 Å². The van der Waals surface area contributed by atoms with E-state index in [9.17, 15) is 14.0 Å². The van der Waals surface area contributed by atoms with E-state index in [1.807, 2.05) is 24.3 Å². The van der Waals surface area contributed by atoms with Crippen LogP contribution in [0, 0.1) is 5.82 Å². The van der Waals surface area contributed by atoms with Gasteiger partial charge in [-0.25, -0.2) is 4.39 Å². The molecule has 0 saturated carbocycles. The first-order chi connectivity index (χ1) is 15.5. The number of nitrogens with zero attached hydrogens (tertiary/aromatic N) is 1. The molecule has 0 aromatic heterocycles. The van der Waals surface area contributed by atoms with Gasteiger partial charge in [-0.2, -0.15) is 0 Å². The van der Waals surface area contributed by atoms with E-state index in [4.69, 9.17) is 9.47 Å². The molecule has 4 rings (SSSR count). The zero-order valence-electron chi connectivity index (χ0n) is 17.8. The Labute approximate surface area is 185 Å². The molecule has 0 unspecified atom stereocenters. The summed E-state index contributed by atoms with van der Waals surface area (Å²) in [7, 11) is 3.08. The predicted molar refractivity (Wildman–Crippen MR) is 118 cm³/mol. The van der Waals surface area contributed by atoms with Crippen LogP contribution < -0.4 is 14.8 Å². The summed E-state index contributed by atoms with van der Waals surface area (Å²) in [6.45, 7) is 0.390. The summed E-state index contributed by atoms with van der Waals surface area (Å²) in [5.41, 5.74) is 2.63. The maximum absolute atomic E-state index is 13.5. The monoisotopic (exact) mass is 434 g/mol. The summed E-state index contributed by atoms with van der Waals surface area (Å²) in [6, 6.07) is 17.9. The van der Waals surface area contributed by atoms with E-state index in [0.717, 1.165) is 11.1 Å². The van der Waals surface area contributed by atoms with E-state index in [0.29, 0.717) is 29.3 Å². The molecule has 6 nitrogen and oxygen atoms in total. The molecule has 0 fully saturated rings. The Balaban J connectivity index is 1.66. The molecule has 0 spiro atoms. The average Bonchev–Trinajstić information content (AvgIpc) is 3.13. The van der Waals surface area contributed by atoms with Gasteiger partial charge in [0.2, 0.25) is 5.91 Å². The Morgan fingerprint density at radius 3 is 2.53 bits per heavy atom. The normalized spacial score (nSPS) is 13.5. The number of amides is 2. The molecule has 32 heavy (non-hydrogen) atoms. The topological polar surface area (TPSA) is 67.9 Å². The Kier molecular flexibility index (Phi) is 6.07. The number of fused-ring (bicyclic) bond motifs is 1. The lowest BCUT2D eigenvalue weighted by Crippen LogP contribution is -2.32. The maximum Gasteiger partial charge on any atom is 0.255 e. The molecule has 3 aromatic carbocycles. The highest BCUT2D eigenvalue weighted by Gasteiger charge is 2.34. The first-order valence-corrected chi connectivity index (χ1v) is 10.2. The number of benzene rings is 3. The minimum atomic E-state index is -0.553. The number of nitrogens with one attached hydrogen (secondary N) is 1. The number of carbonyl (C=O) groups excluding carboxylic acids is 2. The minimum absolute atomic E-state index is 0.00821. The molecule has 1 N–H and O–H groups in total. The van der Waals surface area contributed by atoms with Crippen molar-refractivity contribution in [3.8, 4) is 11.5 Å². The Hall–Kier alpha value is -3.87. The van der Waals surface area contributed by atoms with Crippen LogP contribution in [0.2, 0.25) is 0 Å². The Bertz CT molecular complexity index is 1160. The molecular weight excluding hydrogens is 411 g/mol. The van der Waals surface area contributed by atoms with Crippen LogP contribution in [-0.2, 0) is 11.3 Å². The van der Waals surface area contributed by atoms with Gasteiger partial charge in [0, 0.05) is 17.8 Å². The van der Waals surface area contributed by atoms with Crippen molar-refractivity contribution >= 4 is 17.5 Å². The number of rotatable bonds is 7. The van der Waals surface area contributed by atoms with E-state index in [2.05, 4.69) is 5.32 Å². The summed E-state index contributed by atoms with van der Waals surface area (Å²) in [5.74, 6) is 0.141. The summed E-state index contributed by atoms with van der Waals surface area (Å²) < 4.78 is 24.3. The van der Waals surface area contributed by atoms with Crippen molar-refractivity contribution < 1.29 is 23.5 Å². The average molecular weight is 434 g/mol. The molecule has 0 saturated heterocycles. The van der Waals surface area contributed by atoms with Crippen LogP contribution in [0.15, 0.2) is 66.7 Å². The SMILES string of the molecule is COc1ccc([C@H](CC(=O)Nc2cccc(F)c2)N2Cc3ccccc3C2=O)cc1OC. The zero-order chi connectivity index (χ0) is 22.7. The van der Waals surface area contributed by atoms with Crippen LogP contribution in [0.4, 0.5) is 10.1 Å². The second-order valence-corrected chi connectivity index (χ2v) is 7.48. The Morgan fingerprint density at radius 1 is 1.03 bits per heavy atom. The standard InChI is InChI=1S/C25H23FN2O4/c1-31-22-11-10-16(12-23(22)32-2)21(14-24(29)27-19-8-5-7-18(26)13-19)28-15-17-6-3-4-9-20(17)25(28)30/h3-13,21H,14-15H2,1-2H3,(H,27,29)/t21-/m0/s1. The maximum atomic E-state index is 13.5. The third-order valence-electron chi connectivity index (χ3n) is 5.51. The summed E-state index contributed by atoms with van der Waals surface area (Å²) in [4.78, 5) is 27.7. The highest BCUT2D eigenvalue weighted by atomic mass is 19.1. The van der Waals surface area contributed by atoms with Gasteiger partial charge in [0.15, 0.2) is 11.5 Å². The molecule has 164 valence electrons. The number of halogens is 1. The van der Waals surface area contributed by atoms with Crippen molar-refractivity contribution in [3.63, 3.8) is 0 Å². The first kappa shape index (κ1) is 21.4. The van der Waals surface area contributed by atoms with Gasteiger partial charge in [-0.15, -0.1) is 0 Å². The van der Waals surface area contributed by atoms with Crippen LogP contribution in [0.5, 0.6) is 11.5 Å². The molecule has 3 aromatic rings. The van der Waals surface area contributed by atoms with Gasteiger partial charge in [0.1, 0.15) is 5.82 Å². The van der Waals surface area contributed by atoms with Crippen LogP contribution in [-0.4, -0.2) is 30.9 Å². The van der Waals surface area contributed by atoms with Crippen LogP contribution in [0.1, 0.15) is 33.9 Å². The summed E-state index contributed by atoms with van der Waals surface area (Å²) in [6.07, 6.45) is -0.00821. The molecule has 1 atom stereocenters. The van der Waals surface area contributed by atoms with Gasteiger partial charge < -0.3 is 19.7 Å². The van der Waals surface area contributed by atoms with E-state index in [-0.39, 0.29) is 18.2 Å². The molecule has 0 aliphatic carbocycles. The highest BCUT2D eigenvalue weighted by molar-refractivity contribution is 5.99. The number of methoxy groups -OCH3 is 2. The second kappa shape index (κ2) is 9.09. The third-order valence-corrected chi connectivity index (χ3v) is 5.51. The molecule has 0 bridgehead atoms. The largest absolute Gasteiger partial charge is 0.493 e. The van der Waals surface area contributed by atoms with Gasteiger partial charge in [-0.3, -0.25) is 9.59 Å². The Morgan fingerprint density at radius 2 is 1.81 bits per heavy atom. The van der Waals surface area contributed by atoms with Crippen LogP contribution in [0.25, 0.3) is 0 Å². The fourth-order valence-electron chi connectivity index (χ4n) is 3.95. The first-order valence-electron chi connectivity index (χ1n) is 10.2. The number of ether oxygens (including phenoxy) is 2. The van der Waals surface area contributed by atoms with Gasteiger partial charge in [0.25, 0.3) is 5.91 Å². The van der Waals surface area contributed by atoms with Crippen molar-refractivity contribution in [2.24, 2.45) is 0 Å². The van der Waals surface area contributed by atoms with Gasteiger partial charge in [-0.1, -0.05) is 30.3 Å². The predicted octanol–water partition coefficient (Wildman–Crippen LogP) is 4.57. The van der Waals surface area contributed by atoms with Crippen molar-refractivity contribution in [1.29, 1.82) is 0 Å². The van der Waals surface area contributed by atoms with E-state index in [1.54, 1.807) is 36.3 Å². The number of carbonyl (C=O) groups is 2. The number of hydrogen-bond acceptors (Lipinski definition) is 4. The van der Waals surface area contributed by atoms with Gasteiger partial charge in [-0.05, 0) is 47.5 Å². The van der Waals surface area contributed by atoms with Crippen LogP contribution in [0.3, 0.4) is 0 Å². The fraction of sp³-hybridized carbons (Fsp3) is 0.200. The molecule has 7 heteroatoms. The lowest BCUT2D eigenvalue weighted by molar-refractivity contribution is -0.117. The van der Waals surface area contributed by atoms with E-state index >= 15 is 0 Å². The second-order valence-electron chi connectivity index (χ2n) is 7.48. The van der Waals surface area contributed by atoms with E-state index < -0.39 is 11.9 Å². The van der Waals surface area contributed by atoms with Gasteiger partial charge in [0.05, 0.1) is 26.7 Å². The zero-order valence-corrected chi connectivity index (χ0v) is 17.8. The molecule has 0 radical (unpaired) electrons. The highest BCUT2D eigenvalue weighted by Crippen LogP contribution is 2.37. The van der Waals surface area contributed by atoms with Gasteiger partial charge >= 0.3 is 0 Å². The lowest BCUT2D eigenvalue weighted by Gasteiger charge is -2.28. The van der Waals surface area contributed by atoms with Crippen molar-refractivity contribution in [2.45, 2.75) is 19.0 Å². The molecule has 1 heterocycles. The van der Waals surface area contributed by atoms with E-state index in [1.165, 1.54) is 25.3 Å². The lowest BCUT2D eigenvalue weighted by atomic mass is 10.0. The molecule has 1 aliphatic rings. The summed E-state index contributed by atoms with van der Waals surface area (Å²) in [5, 5.41) is 2.72. The molecule has 1 aliphatic heterocycles. The fourth-order valence-corrected chi connectivity index (χ4v) is 3.95. The summed E-state index contributed by atoms with van der Waals surface area (Å²) >= 11 is 0. The molecular formula is C25H23FN2O4. The molecule has 2 amide bonds. The minimum Gasteiger partial charge on any atom is -0.493 e. The smallest absolute Gasteiger partial charge is 0.255 e. The third kappa shape index (κ3) is 4.27. The quantitative estimate of drug-likeness (QED) is 0.592. The van der Waals surface area contributed by atoms with Crippen molar-refractivity contribution in [3.05, 3.63) is 89.2 Å².